The summed E-state index contributed by atoms with van der Waals surface area (Å²) < 4.78 is 25.3. The third kappa shape index (κ3) is 4.96. The normalized spacial score (nSPS) is 11.7. The van der Waals surface area contributed by atoms with Crippen molar-refractivity contribution in [2.24, 2.45) is 5.10 Å². The Morgan fingerprint density at radius 2 is 1.85 bits per heavy atom. The number of amides is 1. The number of aromatic nitrogens is 5. The summed E-state index contributed by atoms with van der Waals surface area (Å²) in [6, 6.07) is 14.2. The third-order valence-corrected chi connectivity index (χ3v) is 5.81. The van der Waals surface area contributed by atoms with E-state index in [0.717, 1.165) is 17.5 Å². The third-order valence-electron chi connectivity index (χ3n) is 4.68. The lowest BCUT2D eigenvalue weighted by Crippen LogP contribution is -2.19. The predicted octanol–water partition coefficient (Wildman–Crippen LogP) is 1.72. The average molecular weight is 465 g/mol. The Morgan fingerprint density at radius 3 is 2.45 bits per heavy atom. The van der Waals surface area contributed by atoms with Gasteiger partial charge in [0.2, 0.25) is 11.8 Å². The number of hydrazone groups is 1. The largest absolute Gasteiger partial charge is 0.366 e. The van der Waals surface area contributed by atoms with Crippen LogP contribution in [0.2, 0.25) is 0 Å². The smallest absolute Gasteiger partial charge is 0.308 e. The predicted molar refractivity (Wildman–Crippen MR) is 123 cm³/mol. The van der Waals surface area contributed by atoms with E-state index in [9.17, 15) is 13.2 Å². The van der Waals surface area contributed by atoms with E-state index in [1.165, 1.54) is 18.3 Å². The molecular weight excluding hydrogens is 444 g/mol. The molecule has 0 aliphatic rings. The van der Waals surface area contributed by atoms with Crippen molar-refractivity contribution >= 4 is 27.9 Å². The van der Waals surface area contributed by atoms with Crippen LogP contribution in [0.25, 0.3) is 16.9 Å². The molecule has 0 unspecified atom stereocenters. The number of hydrogen-bond acceptors (Lipinski definition) is 8. The van der Waals surface area contributed by atoms with E-state index in [1.54, 1.807) is 23.0 Å². The number of sulfone groups is 1. The molecule has 12 heteroatoms. The van der Waals surface area contributed by atoms with Gasteiger partial charge in [-0.1, -0.05) is 29.8 Å². The fourth-order valence-electron chi connectivity index (χ4n) is 2.99. The minimum atomic E-state index is -3.32. The summed E-state index contributed by atoms with van der Waals surface area (Å²) in [5, 5.41) is 14.6. The first-order chi connectivity index (χ1) is 15.7. The van der Waals surface area contributed by atoms with Crippen molar-refractivity contribution in [3.8, 4) is 16.9 Å². The summed E-state index contributed by atoms with van der Waals surface area (Å²) in [6.45, 7) is 1.99. The number of anilines is 1. The van der Waals surface area contributed by atoms with Crippen molar-refractivity contribution in [1.82, 2.24) is 30.4 Å². The molecule has 0 aliphatic carbocycles. The van der Waals surface area contributed by atoms with Crippen LogP contribution in [0.3, 0.4) is 0 Å². The van der Waals surface area contributed by atoms with Gasteiger partial charge in [0.1, 0.15) is 5.69 Å². The van der Waals surface area contributed by atoms with Gasteiger partial charge in [-0.15, -0.1) is 5.10 Å². The number of rotatable bonds is 6. The summed E-state index contributed by atoms with van der Waals surface area (Å²) >= 11 is 0. The number of benzene rings is 2. The minimum Gasteiger partial charge on any atom is -0.366 e. The molecule has 0 saturated carbocycles. The number of nitrogen functional groups attached to an aromatic ring is 1. The zero-order valence-electron chi connectivity index (χ0n) is 17.7. The molecule has 0 bridgehead atoms. The molecule has 0 saturated heterocycles. The highest BCUT2D eigenvalue weighted by atomic mass is 32.2. The molecule has 4 aromatic rings. The van der Waals surface area contributed by atoms with Crippen LogP contribution in [0.5, 0.6) is 0 Å². The number of nitrogens with one attached hydrogen (secondary N) is 2. The zero-order valence-corrected chi connectivity index (χ0v) is 18.5. The Hall–Kier alpha value is -4.32. The van der Waals surface area contributed by atoms with Gasteiger partial charge in [0.05, 0.1) is 16.8 Å². The van der Waals surface area contributed by atoms with Gasteiger partial charge >= 0.3 is 5.91 Å². The molecule has 11 nitrogen and oxygen atoms in total. The quantitative estimate of drug-likeness (QED) is 0.289. The van der Waals surface area contributed by atoms with Gasteiger partial charge < -0.3 is 5.73 Å². The van der Waals surface area contributed by atoms with E-state index in [1.807, 2.05) is 31.2 Å². The van der Waals surface area contributed by atoms with Crippen LogP contribution in [0.4, 0.5) is 5.95 Å². The fraction of sp³-hybridized carbons (Fsp3) is 0.0952. The number of nitrogens with zero attached hydrogens (tertiary/aromatic N) is 5. The summed E-state index contributed by atoms with van der Waals surface area (Å²) in [4.78, 5) is 16.0. The van der Waals surface area contributed by atoms with Gasteiger partial charge in [-0.25, -0.2) is 18.5 Å². The minimum absolute atomic E-state index is 0.0525. The topological polar surface area (TPSA) is 161 Å². The molecule has 168 valence electrons. The van der Waals surface area contributed by atoms with Crippen LogP contribution in [0, 0.1) is 6.92 Å². The lowest BCUT2D eigenvalue weighted by atomic mass is 10.1. The lowest BCUT2D eigenvalue weighted by Gasteiger charge is -2.03. The van der Waals surface area contributed by atoms with Crippen molar-refractivity contribution in [2.75, 3.05) is 12.0 Å². The van der Waals surface area contributed by atoms with Gasteiger partial charge in [-0.3, -0.25) is 9.89 Å². The molecule has 0 aliphatic heterocycles. The second kappa shape index (κ2) is 8.67. The second-order valence-electron chi connectivity index (χ2n) is 7.25. The van der Waals surface area contributed by atoms with E-state index in [0.29, 0.717) is 16.8 Å². The van der Waals surface area contributed by atoms with Gasteiger partial charge in [0, 0.05) is 23.6 Å². The highest BCUT2D eigenvalue weighted by Crippen LogP contribution is 2.24. The number of hydrogen-bond donors (Lipinski definition) is 3. The number of H-pyrrole nitrogens is 1. The lowest BCUT2D eigenvalue weighted by molar-refractivity contribution is 0.0945. The van der Waals surface area contributed by atoms with Crippen molar-refractivity contribution in [3.63, 3.8) is 0 Å². The Bertz CT molecular complexity index is 1440. The van der Waals surface area contributed by atoms with Gasteiger partial charge in [-0.05, 0) is 31.2 Å². The number of aromatic amines is 1. The first-order valence-electron chi connectivity index (χ1n) is 9.69. The highest BCUT2D eigenvalue weighted by Gasteiger charge is 2.14. The number of carbonyl (C=O) groups excluding carboxylic acids is 1. The van der Waals surface area contributed by atoms with E-state index in [4.69, 9.17) is 5.73 Å². The Labute approximate surface area is 189 Å². The Kier molecular flexibility index (Phi) is 5.75. The van der Waals surface area contributed by atoms with Crippen LogP contribution in [0.15, 0.2) is 64.7 Å². The van der Waals surface area contributed by atoms with E-state index in [-0.39, 0.29) is 16.7 Å². The molecular formula is C21H20N8O3S. The molecule has 1 amide bonds. The molecule has 2 aromatic carbocycles. The maximum Gasteiger partial charge on any atom is 0.308 e. The maximum absolute atomic E-state index is 12.1. The Morgan fingerprint density at radius 1 is 1.15 bits per heavy atom. The van der Waals surface area contributed by atoms with Crippen molar-refractivity contribution < 1.29 is 13.2 Å². The van der Waals surface area contributed by atoms with Gasteiger partial charge in [-0.2, -0.15) is 15.2 Å². The molecule has 4 rings (SSSR count). The number of nitrogens with two attached hydrogens (primary N) is 1. The molecule has 0 radical (unpaired) electrons. The second-order valence-corrected chi connectivity index (χ2v) is 9.27. The van der Waals surface area contributed by atoms with Crippen molar-refractivity contribution in [1.29, 1.82) is 0 Å². The van der Waals surface area contributed by atoms with Crippen LogP contribution in [0.1, 0.15) is 21.7 Å². The number of aryl methyl sites for hydroxylation is 1. The monoisotopic (exact) mass is 464 g/mol. The first-order valence-corrected chi connectivity index (χ1v) is 11.6. The summed E-state index contributed by atoms with van der Waals surface area (Å²) in [6.07, 6.45) is 4.35. The average Bonchev–Trinajstić information content (AvgIpc) is 3.40. The maximum atomic E-state index is 12.1. The molecule has 4 N–H and O–H groups in total. The van der Waals surface area contributed by atoms with Crippen LogP contribution >= 0.6 is 0 Å². The summed E-state index contributed by atoms with van der Waals surface area (Å²) in [7, 11) is -3.32. The van der Waals surface area contributed by atoms with E-state index in [2.05, 4.69) is 30.8 Å². The van der Waals surface area contributed by atoms with Crippen LogP contribution < -0.4 is 11.2 Å². The zero-order chi connectivity index (χ0) is 23.6. The molecule has 0 fully saturated rings. The standard InChI is InChI=1S/C21H20N8O3S/c1-13-3-7-16(8-4-13)29-12-15(11-23-26-20(30)19-24-21(22)27-25-19)18(28-29)14-5-9-17(10-6-14)33(2,31)32/h3-12H,1-2H3,(H,26,30)(H3,22,24,25,27)/b23-11+. The van der Waals surface area contributed by atoms with E-state index < -0.39 is 15.7 Å². The number of carbonyl (C=O) groups is 1. The highest BCUT2D eigenvalue weighted by molar-refractivity contribution is 7.90. The SMILES string of the molecule is Cc1ccc(-n2cc(/C=N/NC(=O)c3nc(N)n[nH]3)c(-c3ccc(S(C)(=O)=O)cc3)n2)cc1. The van der Waals surface area contributed by atoms with Gasteiger partial charge in [0.15, 0.2) is 9.84 Å². The molecule has 0 atom stereocenters. The van der Waals surface area contributed by atoms with E-state index >= 15 is 0 Å². The van der Waals surface area contributed by atoms with Crippen molar-refractivity contribution in [3.05, 3.63) is 71.7 Å². The Balaban J connectivity index is 1.68. The molecule has 2 heterocycles. The summed E-state index contributed by atoms with van der Waals surface area (Å²) in [5.41, 5.74) is 11.5. The molecule has 0 spiro atoms. The first kappa shape index (κ1) is 21.9. The molecule has 33 heavy (non-hydrogen) atoms. The van der Waals surface area contributed by atoms with Gasteiger partial charge in [0.25, 0.3) is 0 Å². The van der Waals surface area contributed by atoms with Crippen LogP contribution in [-0.2, 0) is 9.84 Å². The van der Waals surface area contributed by atoms with Crippen molar-refractivity contribution in [2.45, 2.75) is 11.8 Å². The summed E-state index contributed by atoms with van der Waals surface area (Å²) in [5.74, 6) is -0.736. The van der Waals surface area contributed by atoms with Crippen LogP contribution in [-0.4, -0.2) is 51.8 Å². The fourth-order valence-corrected chi connectivity index (χ4v) is 3.62. The molecule has 2 aromatic heterocycles.